The summed E-state index contributed by atoms with van der Waals surface area (Å²) in [6.45, 7) is 1.93. The summed E-state index contributed by atoms with van der Waals surface area (Å²) in [5.41, 5.74) is 0.823. The first-order chi connectivity index (χ1) is 6.71. The van der Waals surface area contributed by atoms with Gasteiger partial charge >= 0.3 is 0 Å². The lowest BCUT2D eigenvalue weighted by atomic mass is 10.1. The molecule has 1 aromatic rings. The van der Waals surface area contributed by atoms with Crippen molar-refractivity contribution in [2.45, 2.75) is 19.4 Å². The highest BCUT2D eigenvalue weighted by atomic mass is 16.5. The fourth-order valence-electron chi connectivity index (χ4n) is 1.26. The summed E-state index contributed by atoms with van der Waals surface area (Å²) in [5.74, 6) is 1.40. The average Bonchev–Trinajstić information content (AvgIpc) is 2.27. The molecule has 0 radical (unpaired) electrons. The van der Waals surface area contributed by atoms with Crippen LogP contribution in [-0.4, -0.2) is 19.3 Å². The fraction of sp³-hybridized carbons (Fsp3) is 0.455. The first-order valence-electron chi connectivity index (χ1n) is 4.62. The van der Waals surface area contributed by atoms with Gasteiger partial charge in [-0.2, -0.15) is 0 Å². The molecule has 0 aromatic heterocycles. The van der Waals surface area contributed by atoms with Gasteiger partial charge in [-0.15, -0.1) is 0 Å². The van der Waals surface area contributed by atoms with Crippen molar-refractivity contribution in [3.8, 4) is 11.5 Å². The Morgan fingerprint density at radius 1 is 1.14 bits per heavy atom. The van der Waals surface area contributed by atoms with Crippen molar-refractivity contribution in [3.63, 3.8) is 0 Å². The van der Waals surface area contributed by atoms with Gasteiger partial charge in [0.05, 0.1) is 20.3 Å². The highest BCUT2D eigenvalue weighted by Gasteiger charge is 2.08. The second kappa shape index (κ2) is 4.86. The van der Waals surface area contributed by atoms with E-state index in [1.54, 1.807) is 20.3 Å². The van der Waals surface area contributed by atoms with Gasteiger partial charge in [-0.3, -0.25) is 0 Å². The van der Waals surface area contributed by atoms with Crippen LogP contribution in [0.15, 0.2) is 18.2 Å². The van der Waals surface area contributed by atoms with E-state index < -0.39 is 6.10 Å². The zero-order valence-corrected chi connectivity index (χ0v) is 8.78. The number of methoxy groups -OCH3 is 2. The number of ether oxygens (including phenoxy) is 2. The van der Waals surface area contributed by atoms with Gasteiger partial charge in [0, 0.05) is 6.07 Å². The van der Waals surface area contributed by atoms with Crippen molar-refractivity contribution in [1.82, 2.24) is 0 Å². The summed E-state index contributed by atoms with van der Waals surface area (Å²) in [6.07, 6.45) is 0.218. The van der Waals surface area contributed by atoms with Gasteiger partial charge in [-0.25, -0.2) is 0 Å². The van der Waals surface area contributed by atoms with Gasteiger partial charge in [-0.1, -0.05) is 6.92 Å². The van der Waals surface area contributed by atoms with E-state index in [1.165, 1.54) is 0 Å². The predicted molar refractivity (Wildman–Crippen MR) is 54.8 cm³/mol. The molecule has 0 heterocycles. The molecule has 0 amide bonds. The lowest BCUT2D eigenvalue weighted by Gasteiger charge is -2.11. The molecule has 14 heavy (non-hydrogen) atoms. The van der Waals surface area contributed by atoms with Gasteiger partial charge in [0.25, 0.3) is 0 Å². The van der Waals surface area contributed by atoms with Crippen molar-refractivity contribution < 1.29 is 14.6 Å². The third-order valence-electron chi connectivity index (χ3n) is 2.15. The third-order valence-corrected chi connectivity index (χ3v) is 2.15. The van der Waals surface area contributed by atoms with E-state index in [4.69, 9.17) is 9.47 Å². The molecule has 1 atom stereocenters. The second-order valence-electron chi connectivity index (χ2n) is 3.07. The number of hydrogen-bond donors (Lipinski definition) is 1. The molecular formula is C11H16O3. The lowest BCUT2D eigenvalue weighted by Crippen LogP contribution is -1.97. The maximum Gasteiger partial charge on any atom is 0.122 e. The molecule has 0 aliphatic heterocycles. The Labute approximate surface area is 84.3 Å². The number of hydrogen-bond acceptors (Lipinski definition) is 3. The number of aliphatic hydroxyl groups is 1. The Morgan fingerprint density at radius 2 is 1.64 bits per heavy atom. The van der Waals surface area contributed by atoms with Gasteiger partial charge in [0.15, 0.2) is 0 Å². The standard InChI is InChI=1S/C11H16O3/c1-4-11(12)8-5-9(13-2)7-10(6-8)14-3/h5-7,11-12H,4H2,1-3H3. The van der Waals surface area contributed by atoms with E-state index in [-0.39, 0.29) is 0 Å². The van der Waals surface area contributed by atoms with E-state index in [2.05, 4.69) is 0 Å². The molecule has 1 N–H and O–H groups in total. The van der Waals surface area contributed by atoms with Crippen molar-refractivity contribution in [2.24, 2.45) is 0 Å². The predicted octanol–water partition coefficient (Wildman–Crippen LogP) is 2.15. The molecule has 3 nitrogen and oxygen atoms in total. The van der Waals surface area contributed by atoms with Crippen LogP contribution in [0.1, 0.15) is 25.0 Å². The summed E-state index contributed by atoms with van der Waals surface area (Å²) < 4.78 is 10.2. The van der Waals surface area contributed by atoms with Crippen LogP contribution in [-0.2, 0) is 0 Å². The Balaban J connectivity index is 3.04. The zero-order chi connectivity index (χ0) is 10.6. The Bertz CT molecular complexity index is 274. The molecule has 1 aromatic carbocycles. The first kappa shape index (κ1) is 10.9. The Kier molecular flexibility index (Phi) is 3.77. The van der Waals surface area contributed by atoms with Gasteiger partial charge in [0.1, 0.15) is 11.5 Å². The molecule has 0 bridgehead atoms. The fourth-order valence-corrected chi connectivity index (χ4v) is 1.26. The minimum atomic E-state index is -0.459. The van der Waals surface area contributed by atoms with E-state index in [0.717, 1.165) is 5.56 Å². The normalized spacial score (nSPS) is 12.3. The summed E-state index contributed by atoms with van der Waals surface area (Å²) in [7, 11) is 3.19. The number of benzene rings is 1. The van der Waals surface area contributed by atoms with Crippen molar-refractivity contribution >= 4 is 0 Å². The molecular weight excluding hydrogens is 180 g/mol. The molecule has 1 unspecified atom stereocenters. The van der Waals surface area contributed by atoms with Crippen LogP contribution < -0.4 is 9.47 Å². The average molecular weight is 196 g/mol. The first-order valence-corrected chi connectivity index (χ1v) is 4.62. The molecule has 78 valence electrons. The summed E-state index contributed by atoms with van der Waals surface area (Å²) >= 11 is 0. The molecule has 0 aliphatic carbocycles. The van der Waals surface area contributed by atoms with E-state index in [0.29, 0.717) is 17.9 Å². The Morgan fingerprint density at radius 3 is 2.00 bits per heavy atom. The maximum atomic E-state index is 9.66. The lowest BCUT2D eigenvalue weighted by molar-refractivity contribution is 0.173. The largest absolute Gasteiger partial charge is 0.497 e. The van der Waals surface area contributed by atoms with Crippen molar-refractivity contribution in [1.29, 1.82) is 0 Å². The maximum absolute atomic E-state index is 9.66. The SMILES string of the molecule is CCC(O)c1cc(OC)cc(OC)c1. The molecule has 3 heteroatoms. The van der Waals surface area contributed by atoms with E-state index in [9.17, 15) is 5.11 Å². The van der Waals surface area contributed by atoms with Gasteiger partial charge in [-0.05, 0) is 24.1 Å². The molecule has 0 spiro atoms. The molecule has 0 aliphatic rings. The van der Waals surface area contributed by atoms with Crippen LogP contribution in [0.5, 0.6) is 11.5 Å². The second-order valence-corrected chi connectivity index (χ2v) is 3.07. The van der Waals surface area contributed by atoms with Crippen LogP contribution in [0.2, 0.25) is 0 Å². The van der Waals surface area contributed by atoms with Crippen molar-refractivity contribution in [3.05, 3.63) is 23.8 Å². The molecule has 0 saturated heterocycles. The smallest absolute Gasteiger partial charge is 0.122 e. The van der Waals surface area contributed by atoms with Gasteiger partial charge in [0.2, 0.25) is 0 Å². The molecule has 1 rings (SSSR count). The minimum Gasteiger partial charge on any atom is -0.497 e. The highest BCUT2D eigenvalue weighted by Crippen LogP contribution is 2.27. The summed E-state index contributed by atoms with van der Waals surface area (Å²) in [6, 6.07) is 5.42. The quantitative estimate of drug-likeness (QED) is 0.801. The minimum absolute atomic E-state index is 0.459. The van der Waals surface area contributed by atoms with E-state index in [1.807, 2.05) is 19.1 Å². The monoisotopic (exact) mass is 196 g/mol. The summed E-state index contributed by atoms with van der Waals surface area (Å²) in [4.78, 5) is 0. The van der Waals surface area contributed by atoms with Crippen LogP contribution in [0.4, 0.5) is 0 Å². The van der Waals surface area contributed by atoms with Gasteiger partial charge < -0.3 is 14.6 Å². The summed E-state index contributed by atoms with van der Waals surface area (Å²) in [5, 5.41) is 9.66. The third kappa shape index (κ3) is 2.39. The van der Waals surface area contributed by atoms with Crippen LogP contribution >= 0.6 is 0 Å². The molecule has 0 saturated carbocycles. The van der Waals surface area contributed by atoms with Crippen LogP contribution in [0.25, 0.3) is 0 Å². The van der Waals surface area contributed by atoms with Crippen LogP contribution in [0, 0.1) is 0 Å². The Hall–Kier alpha value is -1.22. The zero-order valence-electron chi connectivity index (χ0n) is 8.78. The molecule has 0 fully saturated rings. The highest BCUT2D eigenvalue weighted by molar-refractivity contribution is 5.39. The van der Waals surface area contributed by atoms with Crippen LogP contribution in [0.3, 0.4) is 0 Å². The van der Waals surface area contributed by atoms with E-state index >= 15 is 0 Å². The van der Waals surface area contributed by atoms with Crippen molar-refractivity contribution in [2.75, 3.05) is 14.2 Å². The number of rotatable bonds is 4. The number of aliphatic hydroxyl groups excluding tert-OH is 1. The topological polar surface area (TPSA) is 38.7 Å².